The molecular weight excluding hydrogens is 432 g/mol. The third kappa shape index (κ3) is 4.52. The SMILES string of the molecule is Cc1cc(C(C)Nc2ccccc2C(=O)O)c2nc(N3CC[Si](C)(C)CC3)n(C)c(=O)c2c1. The lowest BCUT2D eigenvalue weighted by molar-refractivity contribution is 0.0698. The molecule has 1 unspecified atom stereocenters. The molecule has 1 aliphatic heterocycles. The highest BCUT2D eigenvalue weighted by Gasteiger charge is 2.29. The molecule has 7 nitrogen and oxygen atoms in total. The average molecular weight is 465 g/mol. The summed E-state index contributed by atoms with van der Waals surface area (Å²) in [6.07, 6.45) is 0. The first-order chi connectivity index (χ1) is 15.6. The second-order valence-electron chi connectivity index (χ2n) is 9.89. The summed E-state index contributed by atoms with van der Waals surface area (Å²) in [5, 5.41) is 13.5. The second kappa shape index (κ2) is 8.66. The van der Waals surface area contributed by atoms with E-state index in [9.17, 15) is 14.7 Å². The van der Waals surface area contributed by atoms with E-state index < -0.39 is 14.0 Å². The minimum atomic E-state index is -1.16. The second-order valence-corrected chi connectivity index (χ2v) is 15.2. The standard InChI is InChI=1S/C25H32N4O3Si/c1-16-14-19(17(2)26-21-9-7-6-8-18(21)24(31)32)22-20(15-16)23(30)28(3)25(27-22)29-10-12-33(4,5)13-11-29/h6-9,14-15,17,26H,10-13H2,1-5H3,(H,31,32). The van der Waals surface area contributed by atoms with Crippen LogP contribution in [0.25, 0.3) is 10.9 Å². The van der Waals surface area contributed by atoms with Crippen LogP contribution >= 0.6 is 0 Å². The Morgan fingerprint density at radius 1 is 1.18 bits per heavy atom. The van der Waals surface area contributed by atoms with E-state index in [1.165, 1.54) is 12.1 Å². The number of rotatable bonds is 5. The number of nitrogens with one attached hydrogen (secondary N) is 1. The lowest BCUT2D eigenvalue weighted by atomic mass is 10.0. The fraction of sp³-hybridized carbons (Fsp3) is 0.400. The summed E-state index contributed by atoms with van der Waals surface area (Å²) in [4.78, 5) is 32.3. The zero-order valence-corrected chi connectivity index (χ0v) is 21.0. The van der Waals surface area contributed by atoms with Crippen LogP contribution in [0.5, 0.6) is 0 Å². The number of aromatic carboxylic acids is 1. The number of hydrogen-bond acceptors (Lipinski definition) is 5. The van der Waals surface area contributed by atoms with Crippen LogP contribution in [0.2, 0.25) is 25.2 Å². The van der Waals surface area contributed by atoms with Crippen LogP contribution in [0.15, 0.2) is 41.2 Å². The molecule has 2 N–H and O–H groups in total. The van der Waals surface area contributed by atoms with Gasteiger partial charge in [-0.2, -0.15) is 0 Å². The Hall–Kier alpha value is -3.13. The van der Waals surface area contributed by atoms with Crippen LogP contribution in [0, 0.1) is 6.92 Å². The Morgan fingerprint density at radius 3 is 2.52 bits per heavy atom. The molecule has 8 heteroatoms. The highest BCUT2D eigenvalue weighted by Crippen LogP contribution is 2.30. The molecule has 0 aliphatic carbocycles. The van der Waals surface area contributed by atoms with E-state index in [0.717, 1.165) is 24.2 Å². The van der Waals surface area contributed by atoms with Gasteiger partial charge in [0.1, 0.15) is 0 Å². The van der Waals surface area contributed by atoms with Gasteiger partial charge in [-0.3, -0.25) is 9.36 Å². The van der Waals surface area contributed by atoms with Gasteiger partial charge in [0, 0.05) is 31.4 Å². The Balaban J connectivity index is 1.80. The van der Waals surface area contributed by atoms with Crippen molar-refractivity contribution in [1.29, 1.82) is 0 Å². The van der Waals surface area contributed by atoms with Gasteiger partial charge in [0.2, 0.25) is 5.95 Å². The van der Waals surface area contributed by atoms with Crippen LogP contribution < -0.4 is 15.8 Å². The van der Waals surface area contributed by atoms with Gasteiger partial charge in [0.15, 0.2) is 0 Å². The third-order valence-electron chi connectivity index (χ3n) is 6.73. The highest BCUT2D eigenvalue weighted by molar-refractivity contribution is 6.77. The largest absolute Gasteiger partial charge is 0.478 e. The molecule has 2 heterocycles. The number of hydrogen-bond donors (Lipinski definition) is 2. The lowest BCUT2D eigenvalue weighted by Gasteiger charge is -2.36. The van der Waals surface area contributed by atoms with Gasteiger partial charge in [-0.25, -0.2) is 9.78 Å². The maximum atomic E-state index is 13.4. The quantitative estimate of drug-likeness (QED) is 0.535. The van der Waals surface area contributed by atoms with Gasteiger partial charge in [0.05, 0.1) is 30.6 Å². The summed E-state index contributed by atoms with van der Waals surface area (Å²) in [5.41, 5.74) is 3.23. The van der Waals surface area contributed by atoms with Crippen molar-refractivity contribution in [2.24, 2.45) is 7.05 Å². The van der Waals surface area contributed by atoms with E-state index in [4.69, 9.17) is 4.98 Å². The summed E-state index contributed by atoms with van der Waals surface area (Å²) in [5.74, 6) is -0.273. The number of benzene rings is 2. The van der Waals surface area contributed by atoms with Gasteiger partial charge in [-0.1, -0.05) is 31.3 Å². The number of carbonyl (C=O) groups is 1. The Labute approximate surface area is 195 Å². The van der Waals surface area contributed by atoms with Gasteiger partial charge >= 0.3 is 5.97 Å². The molecule has 174 valence electrons. The van der Waals surface area contributed by atoms with Crippen molar-refractivity contribution >= 4 is 36.6 Å². The molecule has 0 spiro atoms. The first-order valence-corrected chi connectivity index (χ1v) is 14.8. The van der Waals surface area contributed by atoms with Crippen molar-refractivity contribution in [3.05, 3.63) is 63.4 Å². The molecule has 0 saturated carbocycles. The average Bonchev–Trinajstić information content (AvgIpc) is 2.76. The van der Waals surface area contributed by atoms with Crippen molar-refractivity contribution in [2.75, 3.05) is 23.3 Å². The first-order valence-electron chi connectivity index (χ1n) is 11.4. The number of anilines is 2. The number of nitrogens with zero attached hydrogens (tertiary/aromatic N) is 3. The van der Waals surface area contributed by atoms with Crippen LogP contribution in [0.4, 0.5) is 11.6 Å². The zero-order chi connectivity index (χ0) is 23.9. The monoisotopic (exact) mass is 464 g/mol. The third-order valence-corrected chi connectivity index (χ3v) is 9.88. The van der Waals surface area contributed by atoms with Crippen molar-refractivity contribution in [3.8, 4) is 0 Å². The smallest absolute Gasteiger partial charge is 0.337 e. The maximum absolute atomic E-state index is 13.4. The van der Waals surface area contributed by atoms with Crippen LogP contribution in [-0.2, 0) is 7.05 Å². The topological polar surface area (TPSA) is 87.5 Å². The van der Waals surface area contributed by atoms with Crippen molar-refractivity contribution < 1.29 is 9.90 Å². The van der Waals surface area contributed by atoms with E-state index in [0.29, 0.717) is 22.5 Å². The van der Waals surface area contributed by atoms with Crippen LogP contribution in [0.1, 0.15) is 34.5 Å². The molecule has 3 aromatic rings. The summed E-state index contributed by atoms with van der Waals surface area (Å²) >= 11 is 0. The number of para-hydroxylation sites is 1. The number of fused-ring (bicyclic) bond motifs is 1. The Morgan fingerprint density at radius 2 is 1.85 bits per heavy atom. The molecule has 2 aromatic carbocycles. The van der Waals surface area contributed by atoms with E-state index in [2.05, 4.69) is 23.3 Å². The Bertz CT molecular complexity index is 1270. The molecule has 1 aromatic heterocycles. The number of aryl methyl sites for hydroxylation is 1. The van der Waals surface area contributed by atoms with E-state index in [1.807, 2.05) is 32.0 Å². The van der Waals surface area contributed by atoms with Crippen molar-refractivity contribution in [1.82, 2.24) is 9.55 Å². The van der Waals surface area contributed by atoms with Crippen molar-refractivity contribution in [3.63, 3.8) is 0 Å². The molecule has 1 aliphatic rings. The molecular formula is C25H32N4O3Si. The van der Waals surface area contributed by atoms with Gasteiger partial charge in [-0.15, -0.1) is 0 Å². The predicted molar refractivity (Wildman–Crippen MR) is 136 cm³/mol. The molecule has 1 atom stereocenters. The molecule has 0 radical (unpaired) electrons. The fourth-order valence-corrected chi connectivity index (χ4v) is 6.57. The number of carboxylic acids is 1. The molecule has 33 heavy (non-hydrogen) atoms. The van der Waals surface area contributed by atoms with E-state index in [-0.39, 0.29) is 17.2 Å². The molecule has 1 fully saturated rings. The molecule has 0 bridgehead atoms. The summed E-state index contributed by atoms with van der Waals surface area (Å²) in [7, 11) is 0.641. The predicted octanol–water partition coefficient (Wildman–Crippen LogP) is 4.64. The number of carboxylic acid groups (broad SMARTS) is 1. The number of aromatic nitrogens is 2. The zero-order valence-electron chi connectivity index (χ0n) is 20.0. The van der Waals surface area contributed by atoms with E-state index >= 15 is 0 Å². The van der Waals surface area contributed by atoms with Gasteiger partial charge in [0.25, 0.3) is 5.56 Å². The minimum absolute atomic E-state index is 0.0554. The van der Waals surface area contributed by atoms with Gasteiger partial charge in [-0.05, 0) is 49.7 Å². The summed E-state index contributed by atoms with van der Waals surface area (Å²) in [6.45, 7) is 10.6. The summed E-state index contributed by atoms with van der Waals surface area (Å²) < 4.78 is 1.67. The molecule has 0 amide bonds. The first kappa shape index (κ1) is 23.0. The van der Waals surface area contributed by atoms with Crippen LogP contribution in [0.3, 0.4) is 0 Å². The van der Waals surface area contributed by atoms with Crippen molar-refractivity contribution in [2.45, 2.75) is 45.1 Å². The lowest BCUT2D eigenvalue weighted by Crippen LogP contribution is -2.44. The van der Waals surface area contributed by atoms with Gasteiger partial charge < -0.3 is 15.3 Å². The molecule has 1 saturated heterocycles. The normalized spacial score (nSPS) is 16.6. The highest BCUT2D eigenvalue weighted by atomic mass is 28.3. The fourth-order valence-electron chi connectivity index (χ4n) is 4.57. The van der Waals surface area contributed by atoms with E-state index in [1.54, 1.807) is 29.8 Å². The summed E-state index contributed by atoms with van der Waals surface area (Å²) in [6, 6.07) is 12.9. The minimum Gasteiger partial charge on any atom is -0.478 e. The Kier molecular flexibility index (Phi) is 6.05. The van der Waals surface area contributed by atoms with Crippen LogP contribution in [-0.4, -0.2) is 41.8 Å². The maximum Gasteiger partial charge on any atom is 0.337 e. The molecule has 4 rings (SSSR count).